The second-order valence-corrected chi connectivity index (χ2v) is 3.49. The summed E-state index contributed by atoms with van der Waals surface area (Å²) >= 11 is 0. The van der Waals surface area contributed by atoms with Crippen molar-refractivity contribution in [2.75, 3.05) is 6.54 Å². The van der Waals surface area contributed by atoms with Crippen LogP contribution in [0.5, 0.6) is 0 Å². The van der Waals surface area contributed by atoms with Crippen LogP contribution in [-0.4, -0.2) is 6.54 Å². The van der Waals surface area contributed by atoms with Crippen LogP contribution in [0.3, 0.4) is 0 Å². The zero-order chi connectivity index (χ0) is 9.68. The molecule has 0 aliphatic heterocycles. The van der Waals surface area contributed by atoms with Gasteiger partial charge in [0.15, 0.2) is 0 Å². The van der Waals surface area contributed by atoms with Crippen LogP contribution in [0, 0.1) is 6.92 Å². The van der Waals surface area contributed by atoms with Gasteiger partial charge in [0, 0.05) is 13.1 Å². The lowest BCUT2D eigenvalue weighted by Gasteiger charge is -2.06. The van der Waals surface area contributed by atoms with Crippen molar-refractivity contribution < 1.29 is 0 Å². The van der Waals surface area contributed by atoms with E-state index >= 15 is 0 Å². The lowest BCUT2D eigenvalue weighted by molar-refractivity contribution is 0.737. The summed E-state index contributed by atoms with van der Waals surface area (Å²) in [5.74, 6) is 0. The highest BCUT2D eigenvalue weighted by Crippen LogP contribution is 2.05. The van der Waals surface area contributed by atoms with Crippen LogP contribution in [0.25, 0.3) is 0 Å². The van der Waals surface area contributed by atoms with E-state index in [4.69, 9.17) is 0 Å². The van der Waals surface area contributed by atoms with Gasteiger partial charge in [0.05, 0.1) is 0 Å². The Morgan fingerprint density at radius 3 is 2.69 bits per heavy atom. The molecule has 13 heavy (non-hydrogen) atoms. The summed E-state index contributed by atoms with van der Waals surface area (Å²) in [7, 11) is 0. The first kappa shape index (κ1) is 10.0. The van der Waals surface area contributed by atoms with E-state index in [1.807, 2.05) is 6.92 Å². The summed E-state index contributed by atoms with van der Waals surface area (Å²) in [5, 5.41) is 3.34. The van der Waals surface area contributed by atoms with Gasteiger partial charge in [-0.1, -0.05) is 36.4 Å². The van der Waals surface area contributed by atoms with Gasteiger partial charge in [-0.15, -0.1) is 0 Å². The second kappa shape index (κ2) is 4.83. The zero-order valence-electron chi connectivity index (χ0n) is 8.43. The largest absolute Gasteiger partial charge is 0.309 e. The van der Waals surface area contributed by atoms with E-state index in [-0.39, 0.29) is 0 Å². The lowest BCUT2D eigenvalue weighted by Crippen LogP contribution is -2.15. The SMILES string of the molecule is C=C(C)CNCc1ccccc1C. The van der Waals surface area contributed by atoms with Gasteiger partial charge in [-0.3, -0.25) is 0 Å². The van der Waals surface area contributed by atoms with Crippen molar-refractivity contribution >= 4 is 0 Å². The van der Waals surface area contributed by atoms with Crippen molar-refractivity contribution in [3.05, 3.63) is 47.5 Å². The van der Waals surface area contributed by atoms with Crippen LogP contribution in [0.4, 0.5) is 0 Å². The third-order valence-corrected chi connectivity index (χ3v) is 2.00. The Hall–Kier alpha value is -1.08. The quantitative estimate of drug-likeness (QED) is 0.694. The monoisotopic (exact) mass is 175 g/mol. The van der Waals surface area contributed by atoms with E-state index in [9.17, 15) is 0 Å². The molecule has 1 heteroatoms. The minimum absolute atomic E-state index is 0.897. The van der Waals surface area contributed by atoms with E-state index in [2.05, 4.69) is 43.1 Å². The van der Waals surface area contributed by atoms with Crippen molar-refractivity contribution in [1.29, 1.82) is 0 Å². The molecule has 0 aliphatic rings. The molecule has 70 valence electrons. The molecule has 0 amide bonds. The molecule has 1 aromatic rings. The highest BCUT2D eigenvalue weighted by molar-refractivity contribution is 5.25. The topological polar surface area (TPSA) is 12.0 Å². The van der Waals surface area contributed by atoms with Gasteiger partial charge in [0.2, 0.25) is 0 Å². The Kier molecular flexibility index (Phi) is 3.71. The van der Waals surface area contributed by atoms with Crippen LogP contribution in [0.2, 0.25) is 0 Å². The molecule has 1 N–H and O–H groups in total. The maximum atomic E-state index is 3.85. The minimum Gasteiger partial charge on any atom is -0.309 e. The predicted molar refractivity (Wildman–Crippen MR) is 57.7 cm³/mol. The van der Waals surface area contributed by atoms with E-state index in [1.54, 1.807) is 0 Å². The van der Waals surface area contributed by atoms with Crippen LogP contribution in [0.15, 0.2) is 36.4 Å². The number of hydrogen-bond donors (Lipinski definition) is 1. The second-order valence-electron chi connectivity index (χ2n) is 3.49. The molecule has 0 saturated heterocycles. The highest BCUT2D eigenvalue weighted by atomic mass is 14.8. The fourth-order valence-corrected chi connectivity index (χ4v) is 1.22. The first-order chi connectivity index (χ1) is 6.20. The van der Waals surface area contributed by atoms with Crippen LogP contribution in [0.1, 0.15) is 18.1 Å². The molecule has 0 unspecified atom stereocenters. The molecule has 0 fully saturated rings. The van der Waals surface area contributed by atoms with Crippen molar-refractivity contribution in [1.82, 2.24) is 5.32 Å². The number of nitrogens with one attached hydrogen (secondary N) is 1. The van der Waals surface area contributed by atoms with E-state index < -0.39 is 0 Å². The van der Waals surface area contributed by atoms with Gasteiger partial charge in [0.1, 0.15) is 0 Å². The van der Waals surface area contributed by atoms with Crippen LogP contribution < -0.4 is 5.32 Å². The average Bonchev–Trinajstić information content (AvgIpc) is 2.08. The standard InChI is InChI=1S/C12H17N/c1-10(2)8-13-9-12-7-5-4-6-11(12)3/h4-7,13H,1,8-9H2,2-3H3. The molecule has 0 atom stereocenters. The van der Waals surface area contributed by atoms with E-state index in [1.165, 1.54) is 16.7 Å². The Bertz CT molecular complexity index is 289. The van der Waals surface area contributed by atoms with Crippen molar-refractivity contribution in [3.8, 4) is 0 Å². The summed E-state index contributed by atoms with van der Waals surface area (Å²) in [6.45, 7) is 9.84. The number of benzene rings is 1. The van der Waals surface area contributed by atoms with Gasteiger partial charge in [-0.2, -0.15) is 0 Å². The Morgan fingerprint density at radius 1 is 1.38 bits per heavy atom. The van der Waals surface area contributed by atoms with Crippen LogP contribution >= 0.6 is 0 Å². The molecule has 0 heterocycles. The highest BCUT2D eigenvalue weighted by Gasteiger charge is 1.95. The van der Waals surface area contributed by atoms with E-state index in [0.29, 0.717) is 0 Å². The molecule has 0 aromatic heterocycles. The molecule has 0 bridgehead atoms. The minimum atomic E-state index is 0.897. The summed E-state index contributed by atoms with van der Waals surface area (Å²) in [5.41, 5.74) is 3.88. The third-order valence-electron chi connectivity index (χ3n) is 2.00. The van der Waals surface area contributed by atoms with Gasteiger partial charge in [-0.25, -0.2) is 0 Å². The summed E-state index contributed by atoms with van der Waals surface area (Å²) in [6, 6.07) is 8.43. The number of aryl methyl sites for hydroxylation is 1. The predicted octanol–water partition coefficient (Wildman–Crippen LogP) is 2.66. The normalized spacial score (nSPS) is 10.0. The maximum absolute atomic E-state index is 3.85. The molecule has 0 aliphatic carbocycles. The first-order valence-electron chi connectivity index (χ1n) is 4.60. The fraction of sp³-hybridized carbons (Fsp3) is 0.333. The Labute approximate surface area is 80.5 Å². The summed E-state index contributed by atoms with van der Waals surface area (Å²) in [6.07, 6.45) is 0. The van der Waals surface area contributed by atoms with Crippen molar-refractivity contribution in [2.45, 2.75) is 20.4 Å². The molecular formula is C12H17N. The molecule has 1 rings (SSSR count). The molecule has 1 nitrogen and oxygen atoms in total. The Balaban J connectivity index is 2.45. The molecule has 0 saturated carbocycles. The third kappa shape index (κ3) is 3.43. The maximum Gasteiger partial charge on any atom is 0.0211 e. The van der Waals surface area contributed by atoms with Gasteiger partial charge in [-0.05, 0) is 25.0 Å². The fourth-order valence-electron chi connectivity index (χ4n) is 1.22. The van der Waals surface area contributed by atoms with Gasteiger partial charge in [0.25, 0.3) is 0 Å². The number of hydrogen-bond acceptors (Lipinski definition) is 1. The van der Waals surface area contributed by atoms with Crippen molar-refractivity contribution in [2.24, 2.45) is 0 Å². The molecular weight excluding hydrogens is 158 g/mol. The molecule has 0 radical (unpaired) electrons. The number of rotatable bonds is 4. The van der Waals surface area contributed by atoms with Gasteiger partial charge < -0.3 is 5.32 Å². The Morgan fingerprint density at radius 2 is 2.08 bits per heavy atom. The summed E-state index contributed by atoms with van der Waals surface area (Å²) < 4.78 is 0. The lowest BCUT2D eigenvalue weighted by atomic mass is 10.1. The smallest absolute Gasteiger partial charge is 0.0211 e. The molecule has 1 aromatic carbocycles. The van der Waals surface area contributed by atoms with Crippen molar-refractivity contribution in [3.63, 3.8) is 0 Å². The van der Waals surface area contributed by atoms with Crippen LogP contribution in [-0.2, 0) is 6.54 Å². The zero-order valence-corrected chi connectivity index (χ0v) is 8.43. The summed E-state index contributed by atoms with van der Waals surface area (Å²) in [4.78, 5) is 0. The van der Waals surface area contributed by atoms with E-state index in [0.717, 1.165) is 13.1 Å². The molecule has 0 spiro atoms. The first-order valence-corrected chi connectivity index (χ1v) is 4.60. The van der Waals surface area contributed by atoms with Gasteiger partial charge >= 0.3 is 0 Å². The average molecular weight is 175 g/mol.